The molecule has 2 N–H and O–H groups in total. The zero-order valence-electron chi connectivity index (χ0n) is 13.2. The van der Waals surface area contributed by atoms with E-state index in [0.29, 0.717) is 17.1 Å². The van der Waals surface area contributed by atoms with Crippen LogP contribution in [0.25, 0.3) is 0 Å². The van der Waals surface area contributed by atoms with Crippen molar-refractivity contribution in [2.24, 2.45) is 0 Å². The normalized spacial score (nSPS) is 20.3. The van der Waals surface area contributed by atoms with E-state index >= 15 is 0 Å². The second kappa shape index (κ2) is 6.68. The SMILES string of the molecule is COc1cncc(C(=O)N[C@H]2CCC[C@H]2Oc2cn[nH]c2)c1C. The van der Waals surface area contributed by atoms with E-state index in [2.05, 4.69) is 20.5 Å². The number of amides is 1. The van der Waals surface area contributed by atoms with Gasteiger partial charge in [0.15, 0.2) is 5.75 Å². The number of ether oxygens (including phenoxy) is 2. The molecule has 2 aromatic rings. The minimum absolute atomic E-state index is 0.0250. The second-order valence-electron chi connectivity index (χ2n) is 5.62. The highest BCUT2D eigenvalue weighted by Crippen LogP contribution is 2.25. The van der Waals surface area contributed by atoms with E-state index in [9.17, 15) is 4.79 Å². The lowest BCUT2D eigenvalue weighted by molar-refractivity contribution is 0.0892. The number of hydrogen-bond donors (Lipinski definition) is 2. The second-order valence-corrected chi connectivity index (χ2v) is 5.62. The quantitative estimate of drug-likeness (QED) is 0.879. The first-order valence-electron chi connectivity index (χ1n) is 7.64. The number of H-pyrrole nitrogens is 1. The number of pyridine rings is 1. The first-order valence-corrected chi connectivity index (χ1v) is 7.64. The van der Waals surface area contributed by atoms with Crippen LogP contribution in [0.2, 0.25) is 0 Å². The number of hydrogen-bond acceptors (Lipinski definition) is 5. The van der Waals surface area contributed by atoms with Gasteiger partial charge in [0, 0.05) is 11.8 Å². The Labute approximate surface area is 134 Å². The number of methoxy groups -OCH3 is 1. The van der Waals surface area contributed by atoms with E-state index in [-0.39, 0.29) is 18.1 Å². The fraction of sp³-hybridized carbons (Fsp3) is 0.438. The number of nitrogens with one attached hydrogen (secondary N) is 2. The van der Waals surface area contributed by atoms with Crippen molar-refractivity contribution in [2.75, 3.05) is 7.11 Å². The molecule has 1 aliphatic rings. The summed E-state index contributed by atoms with van der Waals surface area (Å²) in [5.41, 5.74) is 1.31. The van der Waals surface area contributed by atoms with Crippen molar-refractivity contribution in [1.29, 1.82) is 0 Å². The van der Waals surface area contributed by atoms with Gasteiger partial charge in [-0.05, 0) is 26.2 Å². The molecule has 0 aliphatic heterocycles. The van der Waals surface area contributed by atoms with Crippen LogP contribution < -0.4 is 14.8 Å². The Morgan fingerprint density at radius 3 is 2.96 bits per heavy atom. The number of carbonyl (C=O) groups excluding carboxylic acids is 1. The van der Waals surface area contributed by atoms with Crippen molar-refractivity contribution >= 4 is 5.91 Å². The minimum Gasteiger partial charge on any atom is -0.495 e. The molecule has 2 heterocycles. The summed E-state index contributed by atoms with van der Waals surface area (Å²) >= 11 is 0. The highest BCUT2D eigenvalue weighted by Gasteiger charge is 2.31. The molecular formula is C16H20N4O3. The van der Waals surface area contributed by atoms with E-state index in [0.717, 1.165) is 24.8 Å². The van der Waals surface area contributed by atoms with Crippen LogP contribution in [0.3, 0.4) is 0 Å². The highest BCUT2D eigenvalue weighted by atomic mass is 16.5. The van der Waals surface area contributed by atoms with Gasteiger partial charge in [0.2, 0.25) is 0 Å². The van der Waals surface area contributed by atoms with Crippen LogP contribution in [-0.2, 0) is 0 Å². The molecule has 2 aromatic heterocycles. The van der Waals surface area contributed by atoms with Gasteiger partial charge in [0.1, 0.15) is 11.9 Å². The van der Waals surface area contributed by atoms with E-state index < -0.39 is 0 Å². The number of rotatable bonds is 5. The van der Waals surface area contributed by atoms with E-state index in [1.165, 1.54) is 0 Å². The molecule has 7 nitrogen and oxygen atoms in total. The van der Waals surface area contributed by atoms with Gasteiger partial charge in [-0.15, -0.1) is 0 Å². The van der Waals surface area contributed by atoms with Gasteiger partial charge in [0.05, 0.1) is 37.3 Å². The first-order chi connectivity index (χ1) is 11.2. The zero-order valence-corrected chi connectivity index (χ0v) is 13.2. The summed E-state index contributed by atoms with van der Waals surface area (Å²) in [4.78, 5) is 16.6. The molecule has 1 fully saturated rings. The molecule has 1 aliphatic carbocycles. The van der Waals surface area contributed by atoms with Crippen LogP contribution >= 0.6 is 0 Å². The van der Waals surface area contributed by atoms with Gasteiger partial charge in [0.25, 0.3) is 5.91 Å². The molecule has 2 atom stereocenters. The van der Waals surface area contributed by atoms with Crippen molar-refractivity contribution < 1.29 is 14.3 Å². The van der Waals surface area contributed by atoms with Crippen molar-refractivity contribution in [3.05, 3.63) is 35.9 Å². The van der Waals surface area contributed by atoms with Crippen LogP contribution in [0.4, 0.5) is 0 Å². The molecule has 0 spiro atoms. The van der Waals surface area contributed by atoms with E-state index in [1.54, 1.807) is 31.9 Å². The third-order valence-electron chi connectivity index (χ3n) is 4.16. The molecule has 0 bridgehead atoms. The van der Waals surface area contributed by atoms with Crippen LogP contribution in [0.15, 0.2) is 24.8 Å². The molecule has 1 saturated carbocycles. The Kier molecular flexibility index (Phi) is 4.45. The van der Waals surface area contributed by atoms with Crippen LogP contribution in [0.5, 0.6) is 11.5 Å². The van der Waals surface area contributed by atoms with Gasteiger partial charge in [-0.25, -0.2) is 0 Å². The van der Waals surface area contributed by atoms with E-state index in [1.807, 2.05) is 6.92 Å². The Bertz CT molecular complexity index is 672. The van der Waals surface area contributed by atoms with Gasteiger partial charge in [-0.3, -0.25) is 14.9 Å². The summed E-state index contributed by atoms with van der Waals surface area (Å²) in [5, 5.41) is 9.65. The monoisotopic (exact) mass is 316 g/mol. The summed E-state index contributed by atoms with van der Waals surface area (Å²) in [5.74, 6) is 1.15. The fourth-order valence-corrected chi connectivity index (χ4v) is 2.90. The fourth-order valence-electron chi connectivity index (χ4n) is 2.90. The van der Waals surface area contributed by atoms with Crippen molar-refractivity contribution in [1.82, 2.24) is 20.5 Å². The standard InChI is InChI=1S/C16H20N4O3/c1-10-12(8-17-9-15(10)22-2)16(21)20-13-4-3-5-14(13)23-11-6-18-19-7-11/h6-9,13-14H,3-5H2,1-2H3,(H,18,19)(H,20,21)/t13-,14+/m0/s1. The predicted molar refractivity (Wildman–Crippen MR) is 83.6 cm³/mol. The molecule has 3 rings (SSSR count). The summed E-state index contributed by atoms with van der Waals surface area (Å²) in [6.07, 6.45) is 9.27. The average molecular weight is 316 g/mol. The lowest BCUT2D eigenvalue weighted by Gasteiger charge is -2.22. The van der Waals surface area contributed by atoms with Crippen LogP contribution in [0.1, 0.15) is 35.2 Å². The number of nitrogens with zero attached hydrogens (tertiary/aromatic N) is 2. The summed E-state index contributed by atoms with van der Waals surface area (Å²) in [6, 6.07) is -0.0250. The summed E-state index contributed by atoms with van der Waals surface area (Å²) in [7, 11) is 1.57. The molecular weight excluding hydrogens is 296 g/mol. The average Bonchev–Trinajstić information content (AvgIpc) is 3.20. The van der Waals surface area contributed by atoms with Gasteiger partial charge < -0.3 is 14.8 Å². The van der Waals surface area contributed by atoms with Gasteiger partial charge in [-0.2, -0.15) is 5.10 Å². The van der Waals surface area contributed by atoms with Gasteiger partial charge >= 0.3 is 0 Å². The molecule has 7 heteroatoms. The first kappa shape index (κ1) is 15.3. The van der Waals surface area contributed by atoms with Crippen LogP contribution in [-0.4, -0.2) is 40.3 Å². The van der Waals surface area contributed by atoms with Gasteiger partial charge in [-0.1, -0.05) is 0 Å². The summed E-state index contributed by atoms with van der Waals surface area (Å²) < 4.78 is 11.1. The molecule has 0 radical (unpaired) electrons. The zero-order chi connectivity index (χ0) is 16.2. The Morgan fingerprint density at radius 2 is 2.22 bits per heavy atom. The topological polar surface area (TPSA) is 89.1 Å². The van der Waals surface area contributed by atoms with Crippen molar-refractivity contribution in [3.63, 3.8) is 0 Å². The molecule has 0 unspecified atom stereocenters. The third-order valence-corrected chi connectivity index (χ3v) is 4.16. The van der Waals surface area contributed by atoms with Crippen molar-refractivity contribution in [3.8, 4) is 11.5 Å². The Hall–Kier alpha value is -2.57. The van der Waals surface area contributed by atoms with E-state index in [4.69, 9.17) is 9.47 Å². The molecule has 122 valence electrons. The van der Waals surface area contributed by atoms with Crippen LogP contribution in [0, 0.1) is 6.92 Å². The smallest absolute Gasteiger partial charge is 0.253 e. The maximum Gasteiger partial charge on any atom is 0.253 e. The summed E-state index contributed by atoms with van der Waals surface area (Å²) in [6.45, 7) is 1.85. The largest absolute Gasteiger partial charge is 0.495 e. The molecule has 23 heavy (non-hydrogen) atoms. The maximum atomic E-state index is 12.6. The minimum atomic E-state index is -0.151. The number of aromatic amines is 1. The highest BCUT2D eigenvalue weighted by molar-refractivity contribution is 5.96. The predicted octanol–water partition coefficient (Wildman–Crippen LogP) is 1.85. The molecule has 0 aromatic carbocycles. The lowest BCUT2D eigenvalue weighted by atomic mass is 10.1. The maximum absolute atomic E-state index is 12.6. The number of carbonyl (C=O) groups is 1. The molecule has 1 amide bonds. The number of aromatic nitrogens is 3. The van der Waals surface area contributed by atoms with Crippen molar-refractivity contribution in [2.45, 2.75) is 38.3 Å². The Morgan fingerprint density at radius 1 is 1.35 bits per heavy atom. The Balaban J connectivity index is 1.69. The lowest BCUT2D eigenvalue weighted by Crippen LogP contribution is -2.42. The molecule has 0 saturated heterocycles. The third kappa shape index (κ3) is 3.28.